The first kappa shape index (κ1) is 16.7. The van der Waals surface area contributed by atoms with Crippen LogP contribution in [-0.4, -0.2) is 8.32 Å². The Labute approximate surface area is 135 Å². The molecule has 0 aliphatic heterocycles. The number of nitriles is 1. The molecule has 21 heavy (non-hydrogen) atoms. The van der Waals surface area contributed by atoms with E-state index in [-0.39, 0.29) is 21.4 Å². The second kappa shape index (κ2) is 5.49. The SMILES string of the molecule is CC(C)(C)[Si](C)(C)OC1CCc2cc(C#N)c(Br)c(F)c21. The molecule has 2 nitrogen and oxygen atoms in total. The molecule has 0 heterocycles. The predicted octanol–water partition coefficient (Wildman–Crippen LogP) is 5.47. The summed E-state index contributed by atoms with van der Waals surface area (Å²) in [6, 6.07) is 3.82. The van der Waals surface area contributed by atoms with Crippen LogP contribution in [0.3, 0.4) is 0 Å². The molecule has 5 heteroatoms. The van der Waals surface area contributed by atoms with Gasteiger partial charge in [0.1, 0.15) is 11.9 Å². The van der Waals surface area contributed by atoms with Gasteiger partial charge < -0.3 is 4.43 Å². The molecule has 0 amide bonds. The third-order valence-corrected chi connectivity index (χ3v) is 9.95. The highest BCUT2D eigenvalue weighted by Crippen LogP contribution is 2.45. The number of rotatable bonds is 2. The number of nitrogens with zero attached hydrogens (tertiary/aromatic N) is 1. The summed E-state index contributed by atoms with van der Waals surface area (Å²) < 4.78 is 21.3. The fraction of sp³-hybridized carbons (Fsp3) is 0.562. The smallest absolute Gasteiger partial charge is 0.192 e. The highest BCUT2D eigenvalue weighted by atomic mass is 79.9. The Balaban J connectivity index is 2.40. The zero-order valence-electron chi connectivity index (χ0n) is 13.2. The summed E-state index contributed by atoms with van der Waals surface area (Å²) in [5, 5.41) is 9.16. The van der Waals surface area contributed by atoms with Gasteiger partial charge in [-0.05, 0) is 58.5 Å². The van der Waals surface area contributed by atoms with Crippen molar-refractivity contribution in [1.82, 2.24) is 0 Å². The third-order valence-electron chi connectivity index (χ3n) is 4.69. The van der Waals surface area contributed by atoms with Crippen LogP contribution in [0.15, 0.2) is 10.5 Å². The van der Waals surface area contributed by atoms with Crippen LogP contribution >= 0.6 is 15.9 Å². The second-order valence-electron chi connectivity index (χ2n) is 7.14. The number of hydrogen-bond donors (Lipinski definition) is 0. The van der Waals surface area contributed by atoms with E-state index in [2.05, 4.69) is 49.8 Å². The van der Waals surface area contributed by atoms with Crippen LogP contribution in [0.1, 0.15) is 50.0 Å². The molecule has 0 bridgehead atoms. The highest BCUT2D eigenvalue weighted by Gasteiger charge is 2.41. The predicted molar refractivity (Wildman–Crippen MR) is 88.2 cm³/mol. The molecule has 1 aliphatic carbocycles. The zero-order valence-corrected chi connectivity index (χ0v) is 15.8. The van der Waals surface area contributed by atoms with Crippen molar-refractivity contribution in [2.45, 2.75) is 57.8 Å². The number of fused-ring (bicyclic) bond motifs is 1. The van der Waals surface area contributed by atoms with E-state index in [0.717, 1.165) is 18.4 Å². The molecular formula is C16H21BrFNOSi. The van der Waals surface area contributed by atoms with Crippen molar-refractivity contribution >= 4 is 24.2 Å². The van der Waals surface area contributed by atoms with E-state index in [1.165, 1.54) is 0 Å². The van der Waals surface area contributed by atoms with Gasteiger partial charge in [0.2, 0.25) is 0 Å². The van der Waals surface area contributed by atoms with Gasteiger partial charge in [-0.1, -0.05) is 20.8 Å². The Morgan fingerprint density at radius 2 is 2.05 bits per heavy atom. The van der Waals surface area contributed by atoms with E-state index in [0.29, 0.717) is 11.1 Å². The molecule has 0 N–H and O–H groups in total. The van der Waals surface area contributed by atoms with Gasteiger partial charge in [-0.25, -0.2) is 4.39 Å². The van der Waals surface area contributed by atoms with E-state index in [1.807, 2.05) is 6.07 Å². The maximum absolute atomic E-state index is 14.6. The Hall–Kier alpha value is -0.703. The minimum Gasteiger partial charge on any atom is -0.410 e. The van der Waals surface area contributed by atoms with E-state index in [4.69, 9.17) is 9.69 Å². The molecule has 1 unspecified atom stereocenters. The molecule has 0 fully saturated rings. The molecule has 1 aliphatic rings. The molecule has 1 aromatic carbocycles. The van der Waals surface area contributed by atoms with E-state index in [9.17, 15) is 4.39 Å². The summed E-state index contributed by atoms with van der Waals surface area (Å²) in [5.41, 5.74) is 1.92. The quantitative estimate of drug-likeness (QED) is 0.647. The van der Waals surface area contributed by atoms with Crippen molar-refractivity contribution < 1.29 is 8.82 Å². The zero-order chi connectivity index (χ0) is 16.0. The van der Waals surface area contributed by atoms with E-state index >= 15 is 0 Å². The third kappa shape index (κ3) is 2.94. The molecule has 2 rings (SSSR count). The lowest BCUT2D eigenvalue weighted by Gasteiger charge is -2.38. The molecule has 0 radical (unpaired) electrons. The van der Waals surface area contributed by atoms with Crippen LogP contribution in [0.2, 0.25) is 18.1 Å². The largest absolute Gasteiger partial charge is 0.410 e. The van der Waals surface area contributed by atoms with Gasteiger partial charge in [0.15, 0.2) is 8.32 Å². The van der Waals surface area contributed by atoms with Gasteiger partial charge in [-0.2, -0.15) is 5.26 Å². The van der Waals surface area contributed by atoms with Gasteiger partial charge in [-0.15, -0.1) is 0 Å². The molecule has 0 saturated heterocycles. The molecule has 1 aromatic rings. The topological polar surface area (TPSA) is 33.0 Å². The summed E-state index contributed by atoms with van der Waals surface area (Å²) in [7, 11) is -1.95. The van der Waals surface area contributed by atoms with Crippen molar-refractivity contribution in [3.63, 3.8) is 0 Å². The van der Waals surface area contributed by atoms with Crippen LogP contribution in [-0.2, 0) is 10.8 Å². The highest BCUT2D eigenvalue weighted by molar-refractivity contribution is 9.10. The molecule has 0 aromatic heterocycles. The first-order valence-corrected chi connectivity index (χ1v) is 10.9. The van der Waals surface area contributed by atoms with Gasteiger partial charge in [0.25, 0.3) is 0 Å². The molecule has 0 saturated carbocycles. The van der Waals surface area contributed by atoms with E-state index in [1.54, 1.807) is 6.07 Å². The Morgan fingerprint density at radius 3 is 2.57 bits per heavy atom. The van der Waals surface area contributed by atoms with Crippen LogP contribution in [0, 0.1) is 17.1 Å². The normalized spacial score (nSPS) is 18.5. The van der Waals surface area contributed by atoms with Crippen molar-refractivity contribution in [3.8, 4) is 6.07 Å². The Morgan fingerprint density at radius 1 is 1.43 bits per heavy atom. The fourth-order valence-electron chi connectivity index (χ4n) is 2.41. The average Bonchev–Trinajstić information content (AvgIpc) is 2.74. The van der Waals surface area contributed by atoms with Gasteiger partial charge in [0, 0.05) is 5.56 Å². The van der Waals surface area contributed by atoms with Crippen LogP contribution in [0.4, 0.5) is 4.39 Å². The first-order valence-electron chi connectivity index (χ1n) is 7.17. The maximum Gasteiger partial charge on any atom is 0.192 e. The minimum absolute atomic E-state index is 0.0933. The van der Waals surface area contributed by atoms with Crippen molar-refractivity contribution in [1.29, 1.82) is 5.26 Å². The van der Waals surface area contributed by atoms with E-state index < -0.39 is 8.32 Å². The first-order chi connectivity index (χ1) is 9.58. The standard InChI is InChI=1S/C16H21BrFNOSi/c1-16(2,3)21(4,5)20-12-7-6-10-8-11(9-19)14(17)15(18)13(10)12/h8,12H,6-7H2,1-5H3. The van der Waals surface area contributed by atoms with Gasteiger partial charge >= 0.3 is 0 Å². The number of halogens is 2. The molecule has 0 spiro atoms. The van der Waals surface area contributed by atoms with Crippen molar-refractivity contribution in [3.05, 3.63) is 33.0 Å². The average molecular weight is 370 g/mol. The van der Waals surface area contributed by atoms with Crippen LogP contribution < -0.4 is 0 Å². The Kier molecular flexibility index (Phi) is 4.36. The van der Waals surface area contributed by atoms with Crippen LogP contribution in [0.25, 0.3) is 0 Å². The summed E-state index contributed by atoms with van der Waals surface area (Å²) in [6.07, 6.45) is 1.37. The monoisotopic (exact) mass is 369 g/mol. The maximum atomic E-state index is 14.6. The molecule has 114 valence electrons. The number of aryl methyl sites for hydroxylation is 1. The second-order valence-corrected chi connectivity index (χ2v) is 12.7. The lowest BCUT2D eigenvalue weighted by Crippen LogP contribution is -2.41. The molecular weight excluding hydrogens is 349 g/mol. The number of benzene rings is 1. The number of hydrogen-bond acceptors (Lipinski definition) is 2. The minimum atomic E-state index is -1.95. The summed E-state index contributed by atoms with van der Waals surface area (Å²) in [4.78, 5) is 0. The Bertz CT molecular complexity index is 616. The van der Waals surface area contributed by atoms with Crippen molar-refractivity contribution in [2.24, 2.45) is 0 Å². The summed E-state index contributed by atoms with van der Waals surface area (Å²) >= 11 is 3.20. The summed E-state index contributed by atoms with van der Waals surface area (Å²) in [6.45, 7) is 10.9. The van der Waals surface area contributed by atoms with Crippen LogP contribution in [0.5, 0.6) is 0 Å². The lowest BCUT2D eigenvalue weighted by atomic mass is 10.1. The van der Waals surface area contributed by atoms with Crippen molar-refractivity contribution in [2.75, 3.05) is 0 Å². The molecule has 1 atom stereocenters. The fourth-order valence-corrected chi connectivity index (χ4v) is 4.13. The summed E-state index contributed by atoms with van der Waals surface area (Å²) in [5.74, 6) is -0.328. The lowest BCUT2D eigenvalue weighted by molar-refractivity contribution is 0.181. The van der Waals surface area contributed by atoms with Gasteiger partial charge in [-0.3, -0.25) is 0 Å². The van der Waals surface area contributed by atoms with Gasteiger partial charge in [0.05, 0.1) is 16.1 Å².